The molecule has 1 aliphatic rings. The summed E-state index contributed by atoms with van der Waals surface area (Å²) in [5.74, 6) is 0.547. The molecule has 88 valence electrons. The van der Waals surface area contributed by atoms with Crippen molar-refractivity contribution in [3.8, 4) is 0 Å². The number of likely N-dealkylation sites (tertiary alicyclic amines) is 1. The number of hydrogen-bond donors (Lipinski definition) is 2. The SMILES string of the molecule is CN=C(N)NC1CCN(CCOC)CC1. The van der Waals surface area contributed by atoms with Gasteiger partial charge < -0.3 is 20.7 Å². The molecule has 0 aromatic carbocycles. The van der Waals surface area contributed by atoms with Gasteiger partial charge in [-0.15, -0.1) is 0 Å². The predicted octanol–water partition coefficient (Wildman–Crippen LogP) is -0.369. The highest BCUT2D eigenvalue weighted by atomic mass is 16.5. The topological polar surface area (TPSA) is 62.9 Å². The van der Waals surface area contributed by atoms with Gasteiger partial charge in [-0.3, -0.25) is 4.99 Å². The first kappa shape index (κ1) is 12.3. The van der Waals surface area contributed by atoms with E-state index >= 15 is 0 Å². The van der Waals surface area contributed by atoms with Gasteiger partial charge in [0, 0.05) is 39.8 Å². The molecule has 0 atom stereocenters. The van der Waals surface area contributed by atoms with E-state index in [0.717, 1.165) is 39.1 Å². The van der Waals surface area contributed by atoms with Crippen LogP contribution in [0.5, 0.6) is 0 Å². The van der Waals surface area contributed by atoms with Crippen molar-refractivity contribution >= 4 is 5.96 Å². The van der Waals surface area contributed by atoms with Gasteiger partial charge in [0.25, 0.3) is 0 Å². The normalized spacial score (nSPS) is 20.5. The summed E-state index contributed by atoms with van der Waals surface area (Å²) in [6, 6.07) is 0.479. The number of hydrogen-bond acceptors (Lipinski definition) is 3. The molecule has 0 aromatic heterocycles. The number of methoxy groups -OCH3 is 1. The molecule has 1 fully saturated rings. The second kappa shape index (κ2) is 6.63. The summed E-state index contributed by atoms with van der Waals surface area (Å²) >= 11 is 0. The van der Waals surface area contributed by atoms with Crippen LogP contribution in [-0.2, 0) is 4.74 Å². The van der Waals surface area contributed by atoms with E-state index in [2.05, 4.69) is 15.2 Å². The lowest BCUT2D eigenvalue weighted by Crippen LogP contribution is -2.47. The number of rotatable bonds is 4. The zero-order chi connectivity index (χ0) is 11.1. The molecule has 0 bridgehead atoms. The molecule has 1 rings (SSSR count). The van der Waals surface area contributed by atoms with Crippen LogP contribution < -0.4 is 11.1 Å². The van der Waals surface area contributed by atoms with Crippen LogP contribution >= 0.6 is 0 Å². The standard InChI is InChI=1S/C10H22N4O/c1-12-10(11)13-9-3-5-14(6-4-9)7-8-15-2/h9H,3-8H2,1-2H3,(H3,11,12,13). The van der Waals surface area contributed by atoms with E-state index in [1.165, 1.54) is 0 Å². The molecule has 5 nitrogen and oxygen atoms in total. The van der Waals surface area contributed by atoms with E-state index in [-0.39, 0.29) is 0 Å². The summed E-state index contributed by atoms with van der Waals surface area (Å²) in [4.78, 5) is 6.32. The smallest absolute Gasteiger partial charge is 0.188 e. The van der Waals surface area contributed by atoms with Crippen LogP contribution in [0.15, 0.2) is 4.99 Å². The van der Waals surface area contributed by atoms with Gasteiger partial charge in [0.2, 0.25) is 0 Å². The monoisotopic (exact) mass is 214 g/mol. The fourth-order valence-corrected chi connectivity index (χ4v) is 1.79. The zero-order valence-electron chi connectivity index (χ0n) is 9.70. The Labute approximate surface area is 91.7 Å². The highest BCUT2D eigenvalue weighted by Crippen LogP contribution is 2.09. The number of aliphatic imine (C=N–C) groups is 1. The molecule has 0 unspecified atom stereocenters. The van der Waals surface area contributed by atoms with Gasteiger partial charge in [0.05, 0.1) is 6.61 Å². The Morgan fingerprint density at radius 2 is 2.20 bits per heavy atom. The minimum absolute atomic E-state index is 0.479. The Balaban J connectivity index is 2.18. The first-order chi connectivity index (χ1) is 7.26. The Bertz CT molecular complexity index is 200. The van der Waals surface area contributed by atoms with Crippen LogP contribution in [0.3, 0.4) is 0 Å². The van der Waals surface area contributed by atoms with Crippen LogP contribution in [0.4, 0.5) is 0 Å². The summed E-state index contributed by atoms with van der Waals surface area (Å²) < 4.78 is 5.06. The van der Waals surface area contributed by atoms with Gasteiger partial charge in [0.15, 0.2) is 5.96 Å². The first-order valence-corrected chi connectivity index (χ1v) is 5.46. The molecular weight excluding hydrogens is 192 g/mol. The van der Waals surface area contributed by atoms with E-state index in [9.17, 15) is 0 Å². The largest absolute Gasteiger partial charge is 0.383 e. The van der Waals surface area contributed by atoms with Crippen LogP contribution in [0, 0.1) is 0 Å². The van der Waals surface area contributed by atoms with E-state index in [4.69, 9.17) is 10.5 Å². The zero-order valence-corrected chi connectivity index (χ0v) is 9.70. The highest BCUT2D eigenvalue weighted by molar-refractivity contribution is 5.77. The molecule has 0 radical (unpaired) electrons. The van der Waals surface area contributed by atoms with Crippen molar-refractivity contribution in [2.45, 2.75) is 18.9 Å². The molecule has 3 N–H and O–H groups in total. The number of nitrogens with one attached hydrogen (secondary N) is 1. The van der Waals surface area contributed by atoms with Crippen molar-refractivity contribution in [1.82, 2.24) is 10.2 Å². The van der Waals surface area contributed by atoms with Gasteiger partial charge in [-0.05, 0) is 12.8 Å². The van der Waals surface area contributed by atoms with Crippen LogP contribution in [-0.4, -0.2) is 57.3 Å². The highest BCUT2D eigenvalue weighted by Gasteiger charge is 2.18. The third-order valence-electron chi connectivity index (χ3n) is 2.79. The minimum atomic E-state index is 0.479. The molecule has 0 aliphatic carbocycles. The number of nitrogens with zero attached hydrogens (tertiary/aromatic N) is 2. The third kappa shape index (κ3) is 4.48. The maximum Gasteiger partial charge on any atom is 0.188 e. The second-order valence-corrected chi connectivity index (χ2v) is 3.86. The number of ether oxygens (including phenoxy) is 1. The van der Waals surface area contributed by atoms with Crippen molar-refractivity contribution in [3.63, 3.8) is 0 Å². The number of nitrogens with two attached hydrogens (primary N) is 1. The predicted molar refractivity (Wildman–Crippen MR) is 62.0 cm³/mol. The summed E-state index contributed by atoms with van der Waals surface area (Å²) in [5, 5.41) is 3.21. The van der Waals surface area contributed by atoms with Gasteiger partial charge in [-0.2, -0.15) is 0 Å². The lowest BCUT2D eigenvalue weighted by molar-refractivity contribution is 0.128. The fraction of sp³-hybridized carbons (Fsp3) is 0.900. The second-order valence-electron chi connectivity index (χ2n) is 3.86. The molecule has 0 saturated carbocycles. The molecule has 5 heteroatoms. The lowest BCUT2D eigenvalue weighted by Gasteiger charge is -2.32. The number of piperidine rings is 1. The van der Waals surface area contributed by atoms with Crippen molar-refractivity contribution in [2.75, 3.05) is 40.4 Å². The van der Waals surface area contributed by atoms with E-state index in [1.54, 1.807) is 14.2 Å². The van der Waals surface area contributed by atoms with Crippen molar-refractivity contribution in [1.29, 1.82) is 0 Å². The van der Waals surface area contributed by atoms with E-state index < -0.39 is 0 Å². The average Bonchev–Trinajstić information content (AvgIpc) is 2.28. The van der Waals surface area contributed by atoms with Crippen molar-refractivity contribution in [3.05, 3.63) is 0 Å². The van der Waals surface area contributed by atoms with Gasteiger partial charge in [0.1, 0.15) is 0 Å². The molecular formula is C10H22N4O. The third-order valence-corrected chi connectivity index (χ3v) is 2.79. The Morgan fingerprint density at radius 1 is 1.53 bits per heavy atom. The van der Waals surface area contributed by atoms with Gasteiger partial charge in [-0.1, -0.05) is 0 Å². The van der Waals surface area contributed by atoms with Crippen LogP contribution in [0.1, 0.15) is 12.8 Å². The molecule has 1 aliphatic heterocycles. The van der Waals surface area contributed by atoms with E-state index in [1.807, 2.05) is 0 Å². The Morgan fingerprint density at radius 3 is 2.73 bits per heavy atom. The molecule has 0 amide bonds. The average molecular weight is 214 g/mol. The number of guanidine groups is 1. The van der Waals surface area contributed by atoms with Crippen LogP contribution in [0.25, 0.3) is 0 Å². The molecule has 0 aromatic rings. The van der Waals surface area contributed by atoms with E-state index in [0.29, 0.717) is 12.0 Å². The maximum absolute atomic E-state index is 5.62. The van der Waals surface area contributed by atoms with Gasteiger partial charge in [-0.25, -0.2) is 0 Å². The Kier molecular flexibility index (Phi) is 5.42. The summed E-state index contributed by atoms with van der Waals surface area (Å²) in [6.45, 7) is 4.06. The molecule has 15 heavy (non-hydrogen) atoms. The van der Waals surface area contributed by atoms with Crippen molar-refractivity contribution < 1.29 is 4.74 Å². The maximum atomic E-state index is 5.62. The lowest BCUT2D eigenvalue weighted by atomic mass is 10.1. The first-order valence-electron chi connectivity index (χ1n) is 5.46. The quantitative estimate of drug-likeness (QED) is 0.495. The van der Waals surface area contributed by atoms with Gasteiger partial charge >= 0.3 is 0 Å². The summed E-state index contributed by atoms with van der Waals surface area (Å²) in [6.07, 6.45) is 2.25. The molecule has 0 spiro atoms. The fourth-order valence-electron chi connectivity index (χ4n) is 1.79. The summed E-state index contributed by atoms with van der Waals surface area (Å²) in [7, 11) is 3.45. The van der Waals surface area contributed by atoms with Crippen molar-refractivity contribution in [2.24, 2.45) is 10.7 Å². The summed E-state index contributed by atoms with van der Waals surface area (Å²) in [5.41, 5.74) is 5.62. The van der Waals surface area contributed by atoms with Crippen LogP contribution in [0.2, 0.25) is 0 Å². The Hall–Kier alpha value is -0.810. The molecule has 1 heterocycles. The minimum Gasteiger partial charge on any atom is -0.383 e. The molecule has 1 saturated heterocycles.